The van der Waals surface area contributed by atoms with E-state index in [2.05, 4.69) is 54.8 Å². The molecule has 2 fully saturated rings. The van der Waals surface area contributed by atoms with Gasteiger partial charge >= 0.3 is 12.2 Å². The molecule has 14 nitrogen and oxygen atoms in total. The van der Waals surface area contributed by atoms with Gasteiger partial charge in [-0.05, 0) is 59.8 Å². The van der Waals surface area contributed by atoms with Gasteiger partial charge in [0.25, 0.3) is 5.91 Å². The van der Waals surface area contributed by atoms with E-state index in [1.807, 2.05) is 52.0 Å². The quantitative estimate of drug-likeness (QED) is 0.140. The van der Waals surface area contributed by atoms with Crippen molar-refractivity contribution in [3.05, 3.63) is 72.6 Å². The molecule has 0 bridgehead atoms. The van der Waals surface area contributed by atoms with Gasteiger partial charge in [0.15, 0.2) is 6.10 Å². The minimum atomic E-state index is -0.874. The molecule has 0 radical (unpaired) electrons. The molecular weight excluding hydrogens is 688 g/mol. The zero-order valence-electron chi connectivity index (χ0n) is 31.7. The number of aromatic amines is 2. The summed E-state index contributed by atoms with van der Waals surface area (Å²) < 4.78 is 10.2. The maximum atomic E-state index is 13.5. The van der Waals surface area contributed by atoms with E-state index in [0.29, 0.717) is 18.9 Å². The van der Waals surface area contributed by atoms with Crippen molar-refractivity contribution in [2.75, 3.05) is 27.2 Å². The third kappa shape index (κ3) is 8.12. The van der Waals surface area contributed by atoms with E-state index in [4.69, 9.17) is 9.47 Å². The van der Waals surface area contributed by atoms with E-state index in [-0.39, 0.29) is 35.7 Å². The number of H-pyrrole nitrogens is 2. The molecule has 2 aromatic carbocycles. The summed E-state index contributed by atoms with van der Waals surface area (Å²) in [5.41, 5.74) is 5.76. The average molecular weight is 739 g/mol. The number of hydrogen-bond acceptors (Lipinski definition) is 8. The van der Waals surface area contributed by atoms with E-state index in [1.54, 1.807) is 22.2 Å². The van der Waals surface area contributed by atoms with Crippen LogP contribution in [0.4, 0.5) is 9.59 Å². The normalized spacial score (nSPS) is 18.1. The number of nitrogens with zero attached hydrogens (tertiary/aromatic N) is 4. The Morgan fingerprint density at radius 1 is 0.704 bits per heavy atom. The van der Waals surface area contributed by atoms with E-state index >= 15 is 0 Å². The van der Waals surface area contributed by atoms with Crippen molar-refractivity contribution in [2.45, 2.75) is 77.6 Å². The highest BCUT2D eigenvalue weighted by Gasteiger charge is 2.39. The minimum absolute atomic E-state index is 0.104. The predicted octanol–water partition coefficient (Wildman–Crippen LogP) is 6.22. The van der Waals surface area contributed by atoms with Crippen LogP contribution in [0.5, 0.6) is 0 Å². The first-order valence-corrected chi connectivity index (χ1v) is 18.6. The van der Waals surface area contributed by atoms with Crippen LogP contribution in [0, 0.1) is 11.8 Å². The highest BCUT2D eigenvalue weighted by molar-refractivity contribution is 5.86. The molecule has 4 heterocycles. The molecule has 286 valence electrons. The van der Waals surface area contributed by atoms with Crippen molar-refractivity contribution in [1.82, 2.24) is 40.4 Å². The Kier molecular flexibility index (Phi) is 11.7. The number of hydrogen-bond donors (Lipinski definition) is 4. The summed E-state index contributed by atoms with van der Waals surface area (Å²) in [5.74, 6) is 0.800. The van der Waals surface area contributed by atoms with Crippen LogP contribution in [0.15, 0.2) is 60.9 Å². The van der Waals surface area contributed by atoms with Crippen molar-refractivity contribution in [2.24, 2.45) is 11.8 Å². The van der Waals surface area contributed by atoms with Gasteiger partial charge in [-0.25, -0.2) is 19.6 Å². The predicted molar refractivity (Wildman–Crippen MR) is 203 cm³/mol. The second kappa shape index (κ2) is 16.6. The summed E-state index contributed by atoms with van der Waals surface area (Å²) in [5, 5.41) is 5.12. The summed E-state index contributed by atoms with van der Waals surface area (Å²) in [6.07, 6.45) is 4.70. The summed E-state index contributed by atoms with van der Waals surface area (Å²) in [6, 6.07) is 15.3. The van der Waals surface area contributed by atoms with Gasteiger partial charge in [0.05, 0.1) is 43.0 Å². The summed E-state index contributed by atoms with van der Waals surface area (Å²) in [4.78, 5) is 70.6. The Labute approximate surface area is 315 Å². The lowest BCUT2D eigenvalue weighted by molar-refractivity contribution is -0.143. The van der Waals surface area contributed by atoms with Gasteiger partial charge in [0, 0.05) is 20.1 Å². The van der Waals surface area contributed by atoms with Crippen molar-refractivity contribution in [1.29, 1.82) is 0 Å². The Balaban J connectivity index is 1.11. The van der Waals surface area contributed by atoms with Gasteiger partial charge in [-0.2, -0.15) is 0 Å². The van der Waals surface area contributed by atoms with Gasteiger partial charge in [-0.15, -0.1) is 0 Å². The molecule has 2 aliphatic rings. The van der Waals surface area contributed by atoms with Gasteiger partial charge in [0.1, 0.15) is 17.7 Å². The number of ether oxygens (including phenoxy) is 2. The van der Waals surface area contributed by atoms with Crippen LogP contribution in [-0.2, 0) is 19.1 Å². The number of aromatic nitrogens is 4. The Bertz CT molecular complexity index is 1800. The summed E-state index contributed by atoms with van der Waals surface area (Å²) in [7, 11) is 2.76. The second-order valence-corrected chi connectivity index (χ2v) is 14.6. The first kappa shape index (κ1) is 38.1. The first-order chi connectivity index (χ1) is 26.0. The van der Waals surface area contributed by atoms with Gasteiger partial charge in [-0.3, -0.25) is 9.59 Å². The van der Waals surface area contributed by atoms with Crippen LogP contribution >= 0.6 is 0 Å². The number of alkyl carbamates (subject to hydrolysis) is 2. The van der Waals surface area contributed by atoms with E-state index in [0.717, 1.165) is 65.1 Å². The lowest BCUT2D eigenvalue weighted by Crippen LogP contribution is -2.51. The van der Waals surface area contributed by atoms with Crippen molar-refractivity contribution < 1.29 is 28.7 Å². The molecule has 54 heavy (non-hydrogen) atoms. The molecular formula is C40H50N8O6. The molecule has 2 aliphatic heterocycles. The highest BCUT2D eigenvalue weighted by atomic mass is 16.6. The van der Waals surface area contributed by atoms with Gasteiger partial charge in [-0.1, -0.05) is 76.2 Å². The Hall–Kier alpha value is -5.66. The highest BCUT2D eigenvalue weighted by Crippen LogP contribution is 2.35. The third-order valence-electron chi connectivity index (χ3n) is 10.3. The number of benzene rings is 2. The average Bonchev–Trinajstić information content (AvgIpc) is 4.02. The number of methoxy groups -OCH3 is 1. The molecule has 0 spiro atoms. The summed E-state index contributed by atoms with van der Waals surface area (Å²) in [6.45, 7) is 8.69. The molecule has 2 saturated heterocycles. The second-order valence-electron chi connectivity index (χ2n) is 14.6. The number of imidazole rings is 2. The number of likely N-dealkylation sites (tertiary alicyclic amines) is 2. The summed E-state index contributed by atoms with van der Waals surface area (Å²) >= 11 is 0. The number of carbonyl (C=O) groups is 4. The SMILES string of the molecule is CNC(=O)O[C@H](C(=O)N1CCC[C@H]1c1ncc(-c2ccc(-c3ccc(-c4cnc([C@@H]5CCCN5C(=O)[C@@H](NC(=O)OC)C(C)C)[nH]4)cc3)cc2)[nH]1)C(C)C. The lowest BCUT2D eigenvalue weighted by Gasteiger charge is -2.30. The molecule has 0 aliphatic carbocycles. The largest absolute Gasteiger partial charge is 0.453 e. The molecule has 4 aromatic rings. The number of amides is 4. The van der Waals surface area contributed by atoms with Crippen LogP contribution in [0.2, 0.25) is 0 Å². The van der Waals surface area contributed by atoms with Crippen LogP contribution < -0.4 is 10.6 Å². The number of nitrogens with one attached hydrogen (secondary N) is 4. The zero-order chi connectivity index (χ0) is 38.5. The Morgan fingerprint density at radius 2 is 1.17 bits per heavy atom. The minimum Gasteiger partial charge on any atom is -0.453 e. The molecule has 4 atom stereocenters. The number of carbonyl (C=O) groups excluding carboxylic acids is 4. The number of rotatable bonds is 11. The molecule has 0 saturated carbocycles. The van der Waals surface area contributed by atoms with Crippen LogP contribution in [0.1, 0.15) is 77.1 Å². The van der Waals surface area contributed by atoms with E-state index in [9.17, 15) is 19.2 Å². The lowest BCUT2D eigenvalue weighted by atomic mass is 10.0. The first-order valence-electron chi connectivity index (χ1n) is 18.6. The van der Waals surface area contributed by atoms with Crippen molar-refractivity contribution >= 4 is 24.0 Å². The maximum absolute atomic E-state index is 13.5. The molecule has 6 rings (SSSR count). The van der Waals surface area contributed by atoms with E-state index in [1.165, 1.54) is 14.2 Å². The fraction of sp³-hybridized carbons (Fsp3) is 0.450. The van der Waals surface area contributed by atoms with Crippen molar-refractivity contribution in [3.8, 4) is 33.6 Å². The maximum Gasteiger partial charge on any atom is 0.407 e. The topological polar surface area (TPSA) is 175 Å². The van der Waals surface area contributed by atoms with Crippen LogP contribution in [0.3, 0.4) is 0 Å². The smallest absolute Gasteiger partial charge is 0.407 e. The van der Waals surface area contributed by atoms with Gasteiger partial charge < -0.3 is 39.9 Å². The van der Waals surface area contributed by atoms with E-state index < -0.39 is 24.3 Å². The molecule has 0 unspecified atom stereocenters. The molecule has 4 N–H and O–H groups in total. The van der Waals surface area contributed by atoms with Crippen molar-refractivity contribution in [3.63, 3.8) is 0 Å². The van der Waals surface area contributed by atoms with Crippen LogP contribution in [-0.4, -0.2) is 93.1 Å². The fourth-order valence-electron chi connectivity index (χ4n) is 7.31. The Morgan fingerprint density at radius 3 is 1.59 bits per heavy atom. The molecule has 2 aromatic heterocycles. The molecule has 14 heteroatoms. The fourth-order valence-corrected chi connectivity index (χ4v) is 7.31. The zero-order valence-corrected chi connectivity index (χ0v) is 31.7. The van der Waals surface area contributed by atoms with Crippen LogP contribution in [0.25, 0.3) is 33.6 Å². The molecule has 4 amide bonds. The monoisotopic (exact) mass is 738 g/mol. The standard InChI is InChI=1S/C40H50N8O6/c1-23(2)33(46-40(52)53-6)37(49)47-19-7-9-31(47)35-42-21-29(44-35)27-15-11-25(12-16-27)26-13-17-28(18-14-26)30-22-43-36(45-30)32-10-8-20-48(32)38(50)34(24(3)4)54-39(51)41-5/h11-18,21-24,31-34H,7-10,19-20H2,1-6H3,(H,41,51)(H,42,44)(H,43,45)(H,46,52)/t31-,32-,33-,34-/m0/s1. The van der Waals surface area contributed by atoms with Gasteiger partial charge in [0.2, 0.25) is 5.91 Å². The third-order valence-corrected chi connectivity index (χ3v) is 10.3.